The second-order valence-electron chi connectivity index (χ2n) is 3.66. The Hall–Kier alpha value is -1.39. The summed E-state index contributed by atoms with van der Waals surface area (Å²) in [6, 6.07) is 8.63. The molecule has 0 fully saturated rings. The quantitative estimate of drug-likeness (QED) is 0.905. The van der Waals surface area contributed by atoms with E-state index in [0.29, 0.717) is 6.42 Å². The van der Waals surface area contributed by atoms with Crippen molar-refractivity contribution in [3.8, 4) is 5.75 Å². The molecule has 0 aliphatic rings. The molecule has 2 nitrogen and oxygen atoms in total. The molecule has 1 aromatic carbocycles. The van der Waals surface area contributed by atoms with E-state index in [0.717, 1.165) is 4.88 Å². The molecular formula is C13H13FO2S. The largest absolute Gasteiger partial charge is 0.494 e. The van der Waals surface area contributed by atoms with Crippen molar-refractivity contribution in [1.82, 2.24) is 0 Å². The van der Waals surface area contributed by atoms with Gasteiger partial charge in [-0.15, -0.1) is 11.3 Å². The molecule has 2 rings (SSSR count). The van der Waals surface area contributed by atoms with Crippen LogP contribution in [0.1, 0.15) is 16.5 Å². The second-order valence-corrected chi connectivity index (χ2v) is 4.70. The van der Waals surface area contributed by atoms with Crippen LogP contribution in [0.5, 0.6) is 5.75 Å². The van der Waals surface area contributed by atoms with Crippen molar-refractivity contribution < 1.29 is 14.2 Å². The molecule has 1 N–H and O–H groups in total. The molecule has 0 aliphatic heterocycles. The Labute approximate surface area is 103 Å². The van der Waals surface area contributed by atoms with Gasteiger partial charge in [0, 0.05) is 16.9 Å². The van der Waals surface area contributed by atoms with Gasteiger partial charge in [0.15, 0.2) is 11.6 Å². The fourth-order valence-electron chi connectivity index (χ4n) is 1.67. The van der Waals surface area contributed by atoms with Crippen LogP contribution in [0.4, 0.5) is 4.39 Å². The number of thiophene rings is 1. The topological polar surface area (TPSA) is 29.5 Å². The lowest BCUT2D eigenvalue weighted by Gasteiger charge is -2.12. The van der Waals surface area contributed by atoms with Crippen LogP contribution in [-0.4, -0.2) is 12.2 Å². The molecule has 90 valence electrons. The van der Waals surface area contributed by atoms with E-state index in [4.69, 9.17) is 4.74 Å². The van der Waals surface area contributed by atoms with Crippen molar-refractivity contribution in [2.75, 3.05) is 7.11 Å². The van der Waals surface area contributed by atoms with Crippen LogP contribution >= 0.6 is 11.3 Å². The highest BCUT2D eigenvalue weighted by molar-refractivity contribution is 7.09. The SMILES string of the molecule is COc1cccc(C(O)Cc2cccs2)c1F. The molecule has 0 radical (unpaired) electrons. The third kappa shape index (κ3) is 2.65. The molecule has 1 heterocycles. The molecule has 0 saturated heterocycles. The lowest BCUT2D eigenvalue weighted by Crippen LogP contribution is -2.04. The summed E-state index contributed by atoms with van der Waals surface area (Å²) in [4.78, 5) is 1.03. The summed E-state index contributed by atoms with van der Waals surface area (Å²) in [7, 11) is 1.41. The van der Waals surface area contributed by atoms with Gasteiger partial charge in [-0.2, -0.15) is 0 Å². The Morgan fingerprint density at radius 2 is 2.18 bits per heavy atom. The molecular weight excluding hydrogens is 239 g/mol. The van der Waals surface area contributed by atoms with Crippen molar-refractivity contribution >= 4 is 11.3 Å². The fourth-order valence-corrected chi connectivity index (χ4v) is 2.42. The number of benzene rings is 1. The number of aliphatic hydroxyl groups excluding tert-OH is 1. The van der Waals surface area contributed by atoms with Gasteiger partial charge in [-0.25, -0.2) is 4.39 Å². The molecule has 17 heavy (non-hydrogen) atoms. The normalized spacial score (nSPS) is 12.4. The van der Waals surface area contributed by atoms with E-state index < -0.39 is 11.9 Å². The van der Waals surface area contributed by atoms with Gasteiger partial charge in [0.25, 0.3) is 0 Å². The first-order valence-electron chi connectivity index (χ1n) is 5.25. The third-order valence-corrected chi connectivity index (χ3v) is 3.45. The minimum Gasteiger partial charge on any atom is -0.494 e. The van der Waals surface area contributed by atoms with Crippen molar-refractivity contribution in [3.63, 3.8) is 0 Å². The number of methoxy groups -OCH3 is 1. The first-order valence-corrected chi connectivity index (χ1v) is 6.13. The molecule has 0 bridgehead atoms. The van der Waals surface area contributed by atoms with Crippen molar-refractivity contribution in [3.05, 3.63) is 52.0 Å². The molecule has 0 saturated carbocycles. The van der Waals surface area contributed by atoms with Gasteiger partial charge < -0.3 is 9.84 Å². The van der Waals surface area contributed by atoms with Gasteiger partial charge >= 0.3 is 0 Å². The number of hydrogen-bond donors (Lipinski definition) is 1. The lowest BCUT2D eigenvalue weighted by atomic mass is 10.0. The van der Waals surface area contributed by atoms with Crippen LogP contribution in [0.3, 0.4) is 0 Å². The van der Waals surface area contributed by atoms with E-state index in [1.807, 2.05) is 17.5 Å². The maximum absolute atomic E-state index is 13.9. The van der Waals surface area contributed by atoms with E-state index in [1.54, 1.807) is 23.5 Å². The predicted molar refractivity (Wildman–Crippen MR) is 65.9 cm³/mol. The second kappa shape index (κ2) is 5.29. The van der Waals surface area contributed by atoms with Gasteiger partial charge in [0.2, 0.25) is 0 Å². The summed E-state index contributed by atoms with van der Waals surface area (Å²) in [5.41, 5.74) is 0.276. The number of halogens is 1. The zero-order chi connectivity index (χ0) is 12.3. The molecule has 1 aromatic heterocycles. The number of rotatable bonds is 4. The van der Waals surface area contributed by atoms with Crippen LogP contribution < -0.4 is 4.74 Å². The van der Waals surface area contributed by atoms with Crippen molar-refractivity contribution in [2.24, 2.45) is 0 Å². The van der Waals surface area contributed by atoms with Crippen LogP contribution in [0.25, 0.3) is 0 Å². The third-order valence-electron chi connectivity index (χ3n) is 2.55. The highest BCUT2D eigenvalue weighted by atomic mass is 32.1. The Bertz CT molecular complexity index is 482. The van der Waals surface area contributed by atoms with Gasteiger partial charge in [-0.3, -0.25) is 0 Å². The number of hydrogen-bond acceptors (Lipinski definition) is 3. The molecule has 2 aromatic rings. The maximum atomic E-state index is 13.9. The average molecular weight is 252 g/mol. The van der Waals surface area contributed by atoms with Crippen LogP contribution in [0.15, 0.2) is 35.7 Å². The first kappa shape index (κ1) is 12.1. The van der Waals surface area contributed by atoms with Gasteiger partial charge in [-0.05, 0) is 17.5 Å². The fraction of sp³-hybridized carbons (Fsp3) is 0.231. The van der Waals surface area contributed by atoms with E-state index in [-0.39, 0.29) is 11.3 Å². The summed E-state index contributed by atoms with van der Waals surface area (Å²) in [5, 5.41) is 11.9. The van der Waals surface area contributed by atoms with E-state index in [1.165, 1.54) is 13.2 Å². The van der Waals surface area contributed by atoms with Crippen LogP contribution in [0, 0.1) is 5.82 Å². The molecule has 1 atom stereocenters. The zero-order valence-electron chi connectivity index (χ0n) is 9.39. The summed E-state index contributed by atoms with van der Waals surface area (Å²) in [6.45, 7) is 0. The zero-order valence-corrected chi connectivity index (χ0v) is 10.2. The minimum absolute atomic E-state index is 0.160. The molecule has 0 spiro atoms. The summed E-state index contributed by atoms with van der Waals surface area (Å²) in [5.74, 6) is -0.327. The highest BCUT2D eigenvalue weighted by Gasteiger charge is 2.16. The van der Waals surface area contributed by atoms with Crippen molar-refractivity contribution in [1.29, 1.82) is 0 Å². The number of ether oxygens (including phenoxy) is 1. The van der Waals surface area contributed by atoms with Gasteiger partial charge in [-0.1, -0.05) is 18.2 Å². The minimum atomic E-state index is -0.844. The lowest BCUT2D eigenvalue weighted by molar-refractivity contribution is 0.173. The molecule has 1 unspecified atom stereocenters. The Morgan fingerprint density at radius 3 is 2.82 bits per heavy atom. The summed E-state index contributed by atoms with van der Waals surface area (Å²) >= 11 is 1.55. The monoisotopic (exact) mass is 252 g/mol. The number of aliphatic hydroxyl groups is 1. The maximum Gasteiger partial charge on any atom is 0.170 e. The Kier molecular flexibility index (Phi) is 3.76. The van der Waals surface area contributed by atoms with Gasteiger partial charge in [0.05, 0.1) is 13.2 Å². The molecule has 4 heteroatoms. The smallest absolute Gasteiger partial charge is 0.170 e. The van der Waals surface area contributed by atoms with Crippen LogP contribution in [0.2, 0.25) is 0 Å². The standard InChI is InChI=1S/C13H13FO2S/c1-16-12-6-2-5-10(13(12)14)11(15)8-9-4-3-7-17-9/h2-7,11,15H,8H2,1H3. The highest BCUT2D eigenvalue weighted by Crippen LogP contribution is 2.27. The van der Waals surface area contributed by atoms with E-state index in [2.05, 4.69) is 0 Å². The van der Waals surface area contributed by atoms with E-state index in [9.17, 15) is 9.50 Å². The molecule has 0 amide bonds. The first-order chi connectivity index (χ1) is 8.22. The average Bonchev–Trinajstić information content (AvgIpc) is 2.82. The Morgan fingerprint density at radius 1 is 1.35 bits per heavy atom. The summed E-state index contributed by atoms with van der Waals surface area (Å²) < 4.78 is 18.8. The molecule has 0 aliphatic carbocycles. The Balaban J connectivity index is 2.22. The summed E-state index contributed by atoms with van der Waals surface area (Å²) in [6.07, 6.45) is -0.425. The van der Waals surface area contributed by atoms with Crippen LogP contribution in [-0.2, 0) is 6.42 Å². The van der Waals surface area contributed by atoms with Crippen molar-refractivity contribution in [2.45, 2.75) is 12.5 Å². The van der Waals surface area contributed by atoms with E-state index >= 15 is 0 Å². The van der Waals surface area contributed by atoms with Gasteiger partial charge in [0.1, 0.15) is 0 Å². The predicted octanol–water partition coefficient (Wildman–Crippen LogP) is 3.17.